The van der Waals surface area contributed by atoms with E-state index in [0.29, 0.717) is 11.3 Å². The third-order valence-electron chi connectivity index (χ3n) is 6.75. The lowest BCUT2D eigenvalue weighted by Gasteiger charge is -2.33. The van der Waals surface area contributed by atoms with Crippen LogP contribution in [-0.2, 0) is 36.3 Å². The molecule has 0 saturated carbocycles. The van der Waals surface area contributed by atoms with Gasteiger partial charge >= 0.3 is 29.3 Å². The maximum atomic E-state index is 12.9. The van der Waals surface area contributed by atoms with Crippen molar-refractivity contribution in [2.75, 3.05) is 19.3 Å². The third kappa shape index (κ3) is 7.49. The molecule has 2 aromatic carbocycles. The number of rotatable bonds is 12. The van der Waals surface area contributed by atoms with Gasteiger partial charge in [-0.2, -0.15) is 4.31 Å². The molecule has 240 valence electrons. The average Bonchev–Trinajstić information content (AvgIpc) is 3.48. The molecule has 1 fully saturated rings. The molecule has 5 unspecified atom stereocenters. The lowest BCUT2D eigenvalue weighted by molar-refractivity contribution is -0.0671. The van der Waals surface area contributed by atoms with Crippen LogP contribution in [0, 0.1) is 0 Å². The summed E-state index contributed by atoms with van der Waals surface area (Å²) in [5.74, 6) is 0.481. The van der Waals surface area contributed by atoms with E-state index in [2.05, 4.69) is 18.5 Å². The molecule has 0 bridgehead atoms. The van der Waals surface area contributed by atoms with Crippen molar-refractivity contribution in [3.63, 3.8) is 0 Å². The largest absolute Gasteiger partial charge is 0.488 e. The van der Waals surface area contributed by atoms with Crippen molar-refractivity contribution in [1.29, 1.82) is 0 Å². The van der Waals surface area contributed by atoms with E-state index in [-0.39, 0.29) is 13.0 Å². The Morgan fingerprint density at radius 3 is 2.43 bits per heavy atom. The van der Waals surface area contributed by atoms with Gasteiger partial charge in [0.05, 0.1) is 12.8 Å². The van der Waals surface area contributed by atoms with Gasteiger partial charge in [-0.3, -0.25) is 19.3 Å². The number of carbonyl (C=O) groups excluding carboxylic acids is 1. The zero-order valence-electron chi connectivity index (χ0n) is 22.7. The van der Waals surface area contributed by atoms with Crippen molar-refractivity contribution < 1.29 is 66.0 Å². The summed E-state index contributed by atoms with van der Waals surface area (Å²) in [6, 6.07) is 12.7. The summed E-state index contributed by atoms with van der Waals surface area (Å²) < 4.78 is 60.4. The van der Waals surface area contributed by atoms with Gasteiger partial charge in [-0.05, 0) is 35.9 Å². The number of nitrogens with zero attached hydrogens (tertiary/aromatic N) is 1. The van der Waals surface area contributed by atoms with Crippen molar-refractivity contribution in [2.45, 2.75) is 37.2 Å². The van der Waals surface area contributed by atoms with E-state index in [1.807, 2.05) is 42.5 Å². The van der Waals surface area contributed by atoms with Crippen LogP contribution in [0.2, 0.25) is 0 Å². The van der Waals surface area contributed by atoms with E-state index >= 15 is 0 Å². The Morgan fingerprint density at radius 2 is 1.70 bits per heavy atom. The highest BCUT2D eigenvalue weighted by Gasteiger charge is 2.50. The fraction of sp³-hybridized carbons (Fsp3) is 0.375. The second kappa shape index (κ2) is 12.7. The van der Waals surface area contributed by atoms with Crippen molar-refractivity contribution in [1.82, 2.24) is 10.2 Å². The molecule has 44 heavy (non-hydrogen) atoms. The zero-order chi connectivity index (χ0) is 31.9. The number of aliphatic hydroxyl groups is 2. The van der Waals surface area contributed by atoms with Gasteiger partial charge in [0, 0.05) is 17.3 Å². The van der Waals surface area contributed by atoms with Gasteiger partial charge in [0.2, 0.25) is 6.23 Å². The van der Waals surface area contributed by atoms with Gasteiger partial charge in [-0.25, -0.2) is 18.2 Å². The number of urea groups is 1. The number of fused-ring (bicyclic) bond motifs is 2. The maximum absolute atomic E-state index is 12.9. The van der Waals surface area contributed by atoms with Gasteiger partial charge in [0.25, 0.3) is 0 Å². The normalized spacial score (nSPS) is 29.1. The van der Waals surface area contributed by atoms with Crippen LogP contribution in [0.15, 0.2) is 60.3 Å². The average molecular weight is 677 g/mol. The number of ether oxygens (including phenoxy) is 2. The topological polar surface area (TPSA) is 257 Å². The van der Waals surface area contributed by atoms with Crippen LogP contribution in [0.25, 0.3) is 16.5 Å². The number of nitrogens with one attached hydrogen (secondary N) is 1. The fourth-order valence-corrected chi connectivity index (χ4v) is 8.84. The molecule has 1 saturated heterocycles. The molecule has 0 aliphatic carbocycles. The minimum Gasteiger partial charge on any atom is -0.466 e. The van der Waals surface area contributed by atoms with Crippen LogP contribution in [-0.4, -0.2) is 85.9 Å². The summed E-state index contributed by atoms with van der Waals surface area (Å²) in [6.45, 7) is -1.01. The molecule has 0 radical (unpaired) electrons. The van der Waals surface area contributed by atoms with Gasteiger partial charge in [0.15, 0.2) is 6.23 Å². The first-order valence-electron chi connectivity index (χ1n) is 13.1. The van der Waals surface area contributed by atoms with E-state index in [1.165, 1.54) is 6.20 Å². The molecule has 0 aromatic heterocycles. The second-order valence-electron chi connectivity index (χ2n) is 10.0. The van der Waals surface area contributed by atoms with Crippen LogP contribution in [0.5, 0.6) is 0 Å². The Hall–Kier alpha value is -2.46. The number of hydrogen-bond donors (Lipinski definition) is 7. The quantitative estimate of drug-likeness (QED) is 0.158. The molecule has 2 amide bonds. The predicted molar refractivity (Wildman–Crippen MR) is 152 cm³/mol. The summed E-state index contributed by atoms with van der Waals surface area (Å²) in [7, 11) is -15.7. The number of phosphoric acid groups is 2. The molecule has 3 heterocycles. The first kappa shape index (κ1) is 32.9. The van der Waals surface area contributed by atoms with E-state index in [9.17, 15) is 43.4 Å². The number of hydrogen-bond acceptors (Lipinski definition) is 12. The van der Waals surface area contributed by atoms with Crippen molar-refractivity contribution in [2.24, 2.45) is 5.73 Å². The van der Waals surface area contributed by atoms with E-state index < -0.39 is 72.8 Å². The molecule has 3 aliphatic heterocycles. The minimum atomic E-state index is -5.59. The monoisotopic (exact) mass is 677 g/mol. The smallest absolute Gasteiger partial charge is 0.466 e. The van der Waals surface area contributed by atoms with Gasteiger partial charge in [-0.1, -0.05) is 36.4 Å². The highest BCUT2D eigenvalue weighted by atomic mass is 31.3. The Morgan fingerprint density at radius 1 is 0.977 bits per heavy atom. The standard InChI is InChI=1S/C24H30N3O14P3/c25-8-3-9-42(31,32)40-44(35,36)41-43(33,34)37-13-19-20(28)21(29)23(39-19)27-12-17-11-18(38-22(17)26-24(27)30)16-7-6-14-4-1-2-5-15(14)10-16/h1-2,4-7,10-12,19-23,28-29H,3,8-9,13,25H2,(H,26,30)(H,31,32)(H,33,34)(H,35,36)/t19-,20+,21?,22?,23-/m1/s1. The highest BCUT2D eigenvalue weighted by molar-refractivity contribution is 7.68. The summed E-state index contributed by atoms with van der Waals surface area (Å²) in [4.78, 5) is 43.0. The molecule has 2 aromatic rings. The Balaban J connectivity index is 1.23. The number of phosphoric ester groups is 1. The van der Waals surface area contributed by atoms with E-state index in [0.717, 1.165) is 21.2 Å². The molecule has 0 spiro atoms. The second-order valence-corrected chi connectivity index (χ2v) is 15.2. The van der Waals surface area contributed by atoms with Crippen molar-refractivity contribution in [3.8, 4) is 0 Å². The van der Waals surface area contributed by atoms with Gasteiger partial charge < -0.3 is 40.1 Å². The van der Waals surface area contributed by atoms with Crippen LogP contribution in [0.3, 0.4) is 0 Å². The summed E-state index contributed by atoms with van der Waals surface area (Å²) in [5, 5.41) is 25.7. The molecule has 8 N–H and O–H groups in total. The number of nitrogens with two attached hydrogens (primary N) is 1. The molecular weight excluding hydrogens is 647 g/mol. The number of benzene rings is 2. The first-order chi connectivity index (χ1) is 20.7. The molecular formula is C24H30N3O14P3. The third-order valence-corrected chi connectivity index (χ3v) is 11.6. The van der Waals surface area contributed by atoms with Crippen molar-refractivity contribution in [3.05, 3.63) is 65.9 Å². The highest BCUT2D eigenvalue weighted by Crippen LogP contribution is 2.67. The van der Waals surface area contributed by atoms with Crippen LogP contribution in [0.1, 0.15) is 12.0 Å². The van der Waals surface area contributed by atoms with Crippen LogP contribution in [0.4, 0.5) is 4.79 Å². The van der Waals surface area contributed by atoms with Crippen LogP contribution >= 0.6 is 23.2 Å². The molecule has 5 rings (SSSR count). The summed E-state index contributed by atoms with van der Waals surface area (Å²) in [5.41, 5.74) is 6.47. The molecule has 8 atom stereocenters. The number of amides is 2. The van der Waals surface area contributed by atoms with Crippen molar-refractivity contribution >= 4 is 45.8 Å². The molecule has 20 heteroatoms. The van der Waals surface area contributed by atoms with E-state index in [1.54, 1.807) is 6.08 Å². The predicted octanol–water partition coefficient (Wildman–Crippen LogP) is 1.68. The summed E-state index contributed by atoms with van der Waals surface area (Å²) in [6.07, 6.45) is -4.94. The van der Waals surface area contributed by atoms with Gasteiger partial charge in [-0.15, -0.1) is 0 Å². The Bertz CT molecular complexity index is 1640. The van der Waals surface area contributed by atoms with Crippen LogP contribution < -0.4 is 11.1 Å². The fourth-order valence-electron chi connectivity index (χ4n) is 4.69. The number of carbonyl (C=O) groups is 1. The first-order valence-corrected chi connectivity index (χ1v) is 17.9. The lowest BCUT2D eigenvalue weighted by atomic mass is 10.1. The maximum Gasteiger partial charge on any atom is 0.488 e. The molecule has 3 aliphatic rings. The Kier molecular flexibility index (Phi) is 9.53. The van der Waals surface area contributed by atoms with Gasteiger partial charge in [0.1, 0.15) is 24.1 Å². The SMILES string of the molecule is NCCCP(=O)(O)OP(=O)(O)OP(=O)(O)OC[C@H]1O[C@@H](N2C=C3C=C(c4ccc5ccccc5c4)OC3NC2=O)C(O)[C@H]1O. The summed E-state index contributed by atoms with van der Waals surface area (Å²) >= 11 is 0. The minimum absolute atomic E-state index is 0.0315. The van der Waals surface area contributed by atoms with E-state index in [4.69, 9.17) is 15.2 Å². The number of aliphatic hydroxyl groups excluding tert-OH is 2. The molecule has 17 nitrogen and oxygen atoms in total. The zero-order valence-corrected chi connectivity index (χ0v) is 25.4. The lowest BCUT2D eigenvalue weighted by Crippen LogP contribution is -2.54. The Labute approximate surface area is 250 Å².